The molecule has 3 heteroatoms. The van der Waals surface area contributed by atoms with Crippen molar-refractivity contribution >= 4 is 0 Å². The third-order valence-corrected chi connectivity index (χ3v) is 1.65. The molecule has 54 valence electrons. The zero-order valence-electron chi connectivity index (χ0n) is 5.55. The van der Waals surface area contributed by atoms with Crippen LogP contribution in [0.5, 0.6) is 0 Å². The average molecular weight is 297 g/mol. The Kier molecular flexibility index (Phi) is 5.76. The van der Waals surface area contributed by atoms with Crippen LogP contribution in [0.1, 0.15) is 12.8 Å². The van der Waals surface area contributed by atoms with Crippen molar-refractivity contribution in [1.82, 2.24) is 0 Å². The quantitative estimate of drug-likeness (QED) is 0.761. The van der Waals surface area contributed by atoms with E-state index in [1.807, 2.05) is 0 Å². The topological polar surface area (TPSA) is 40.1 Å². The molecule has 0 aromatic rings. The molecule has 0 saturated carbocycles. The predicted molar refractivity (Wildman–Crippen MR) is 34.9 cm³/mol. The van der Waals surface area contributed by atoms with E-state index in [0.717, 1.165) is 19.6 Å². The minimum Gasteiger partial charge on any atom is -0.662 e. The summed E-state index contributed by atoms with van der Waals surface area (Å²) in [6.45, 7) is 2.90. The Hall–Kier alpha value is 0.608. The molecule has 1 unspecified atom stereocenters. The molecule has 9 heavy (non-hydrogen) atoms. The number of hydrogen-bond acceptors (Lipinski definition) is 1. The molecule has 1 heterocycles. The van der Waals surface area contributed by atoms with E-state index in [0.29, 0.717) is 5.92 Å². The van der Waals surface area contributed by atoms with E-state index in [-0.39, 0.29) is 21.1 Å². The fraction of sp³-hybridized carbons (Fsp3) is 1.00. The van der Waals surface area contributed by atoms with Crippen molar-refractivity contribution in [3.05, 3.63) is 5.32 Å². The molecule has 0 bridgehead atoms. The molecule has 2 nitrogen and oxygen atoms in total. The van der Waals surface area contributed by atoms with E-state index in [1.165, 1.54) is 12.8 Å². The summed E-state index contributed by atoms with van der Waals surface area (Å²) in [6.07, 6.45) is 2.54. The number of piperidine rings is 1. The van der Waals surface area contributed by atoms with Gasteiger partial charge in [0.25, 0.3) is 0 Å². The second kappa shape index (κ2) is 5.40. The van der Waals surface area contributed by atoms with Crippen LogP contribution in [-0.4, -0.2) is 19.6 Å². The Morgan fingerprint density at radius 3 is 2.67 bits per heavy atom. The molecule has 1 saturated heterocycles. The van der Waals surface area contributed by atoms with Gasteiger partial charge in [-0.15, -0.1) is 13.1 Å². The van der Waals surface area contributed by atoms with Crippen LogP contribution < -0.4 is 5.73 Å². The number of nitrogens with two attached hydrogens (primary N) is 1. The van der Waals surface area contributed by atoms with E-state index < -0.39 is 0 Å². The van der Waals surface area contributed by atoms with Crippen LogP contribution in [0.2, 0.25) is 0 Å². The first-order chi connectivity index (χ1) is 3.93. The maximum Gasteiger partial charge on any atom is 0 e. The SMILES string of the molecule is NCC1CCC[N-]C1.[W]. The number of hydrogen-bond donors (Lipinski definition) is 1. The van der Waals surface area contributed by atoms with Gasteiger partial charge in [-0.1, -0.05) is 12.8 Å². The fourth-order valence-electron chi connectivity index (χ4n) is 1.05. The Bertz CT molecular complexity index is 62.1. The van der Waals surface area contributed by atoms with E-state index in [2.05, 4.69) is 5.32 Å². The molecule has 1 rings (SSSR count). The van der Waals surface area contributed by atoms with Crippen LogP contribution in [0, 0.1) is 5.92 Å². The van der Waals surface area contributed by atoms with Crippen LogP contribution >= 0.6 is 0 Å². The van der Waals surface area contributed by atoms with Crippen LogP contribution in [-0.2, 0) is 21.1 Å². The van der Waals surface area contributed by atoms with Crippen molar-refractivity contribution in [2.24, 2.45) is 11.7 Å². The van der Waals surface area contributed by atoms with Crippen LogP contribution in [0.3, 0.4) is 0 Å². The van der Waals surface area contributed by atoms with Crippen LogP contribution in [0.4, 0.5) is 0 Å². The Balaban J connectivity index is 0.000000640. The standard InChI is InChI=1S/C6H13N2.W/c7-4-6-2-1-3-8-5-6;/h6H,1-5,7H2;/q-1;. The second-order valence-electron chi connectivity index (χ2n) is 2.37. The largest absolute Gasteiger partial charge is 0.662 e. The molecular formula is C6H13N2W-. The average Bonchev–Trinajstić information content (AvgIpc) is 1.90. The zero-order valence-corrected chi connectivity index (χ0v) is 8.48. The van der Waals surface area contributed by atoms with Gasteiger partial charge in [-0.25, -0.2) is 0 Å². The van der Waals surface area contributed by atoms with E-state index >= 15 is 0 Å². The summed E-state index contributed by atoms with van der Waals surface area (Å²) < 4.78 is 0. The molecular weight excluding hydrogens is 284 g/mol. The predicted octanol–water partition coefficient (Wildman–Crippen LogP) is 0.726. The smallest absolute Gasteiger partial charge is 0 e. The van der Waals surface area contributed by atoms with Gasteiger partial charge in [0, 0.05) is 21.1 Å². The molecule has 1 atom stereocenters. The maximum atomic E-state index is 5.44. The summed E-state index contributed by atoms with van der Waals surface area (Å²) in [7, 11) is 0. The summed E-state index contributed by atoms with van der Waals surface area (Å²) in [4.78, 5) is 0. The van der Waals surface area contributed by atoms with Crippen LogP contribution in [0.25, 0.3) is 5.32 Å². The van der Waals surface area contributed by atoms with Crippen molar-refractivity contribution < 1.29 is 21.1 Å². The monoisotopic (exact) mass is 297 g/mol. The molecule has 1 aliphatic rings. The molecule has 0 aromatic heterocycles. The van der Waals surface area contributed by atoms with Crippen molar-refractivity contribution in [3.8, 4) is 0 Å². The number of nitrogens with zero attached hydrogens (tertiary/aromatic N) is 1. The van der Waals surface area contributed by atoms with Crippen molar-refractivity contribution in [2.75, 3.05) is 19.6 Å². The Morgan fingerprint density at radius 1 is 1.56 bits per heavy atom. The van der Waals surface area contributed by atoms with E-state index in [1.54, 1.807) is 0 Å². The minimum atomic E-state index is 0. The minimum absolute atomic E-state index is 0. The van der Waals surface area contributed by atoms with Crippen LogP contribution in [0.15, 0.2) is 0 Å². The molecule has 1 aliphatic heterocycles. The van der Waals surface area contributed by atoms with Crippen molar-refractivity contribution in [3.63, 3.8) is 0 Å². The van der Waals surface area contributed by atoms with Gasteiger partial charge in [-0.05, 0) is 12.5 Å². The summed E-state index contributed by atoms with van der Waals surface area (Å²) in [6, 6.07) is 0. The van der Waals surface area contributed by atoms with Gasteiger partial charge in [0.15, 0.2) is 0 Å². The second-order valence-corrected chi connectivity index (χ2v) is 2.37. The molecule has 0 amide bonds. The number of rotatable bonds is 1. The first-order valence-corrected chi connectivity index (χ1v) is 3.27. The molecule has 0 aromatic carbocycles. The van der Waals surface area contributed by atoms with Crippen molar-refractivity contribution in [2.45, 2.75) is 12.8 Å². The summed E-state index contributed by atoms with van der Waals surface area (Å²) >= 11 is 0. The van der Waals surface area contributed by atoms with Crippen molar-refractivity contribution in [1.29, 1.82) is 0 Å². The van der Waals surface area contributed by atoms with Gasteiger partial charge in [0.1, 0.15) is 0 Å². The van der Waals surface area contributed by atoms with E-state index in [9.17, 15) is 0 Å². The van der Waals surface area contributed by atoms with Gasteiger partial charge >= 0.3 is 0 Å². The first kappa shape index (κ1) is 9.61. The normalized spacial score (nSPS) is 27.0. The van der Waals surface area contributed by atoms with Gasteiger partial charge < -0.3 is 11.1 Å². The zero-order chi connectivity index (χ0) is 5.82. The summed E-state index contributed by atoms with van der Waals surface area (Å²) in [5, 5.41) is 4.25. The Labute approximate surface area is 70.8 Å². The van der Waals surface area contributed by atoms with Gasteiger partial charge in [-0.3, -0.25) is 0 Å². The molecule has 0 spiro atoms. The van der Waals surface area contributed by atoms with Gasteiger partial charge in [0.05, 0.1) is 0 Å². The third-order valence-electron chi connectivity index (χ3n) is 1.65. The van der Waals surface area contributed by atoms with Gasteiger partial charge in [-0.2, -0.15) is 0 Å². The summed E-state index contributed by atoms with van der Waals surface area (Å²) in [5.41, 5.74) is 5.44. The summed E-state index contributed by atoms with van der Waals surface area (Å²) in [5.74, 6) is 0.698. The Morgan fingerprint density at radius 2 is 2.33 bits per heavy atom. The van der Waals surface area contributed by atoms with Gasteiger partial charge in [0.2, 0.25) is 0 Å². The molecule has 0 aliphatic carbocycles. The first-order valence-electron chi connectivity index (χ1n) is 3.27. The molecule has 1 fully saturated rings. The third kappa shape index (κ3) is 3.34. The molecule has 2 N–H and O–H groups in total. The fourth-order valence-corrected chi connectivity index (χ4v) is 1.05. The van der Waals surface area contributed by atoms with E-state index in [4.69, 9.17) is 5.73 Å². The maximum absolute atomic E-state index is 5.44. The molecule has 0 radical (unpaired) electrons.